The Balaban J connectivity index is 2.26. The Kier molecular flexibility index (Phi) is 4.54. The average Bonchev–Trinajstić information content (AvgIpc) is 2.39. The molecule has 0 aliphatic heterocycles. The van der Waals surface area contributed by atoms with Crippen LogP contribution in [-0.4, -0.2) is 24.5 Å². The van der Waals surface area contributed by atoms with Gasteiger partial charge in [0.25, 0.3) is 0 Å². The van der Waals surface area contributed by atoms with Crippen LogP contribution in [0, 0.1) is 5.92 Å². The summed E-state index contributed by atoms with van der Waals surface area (Å²) in [6, 6.07) is 8.05. The van der Waals surface area contributed by atoms with Gasteiger partial charge in [-0.2, -0.15) is 0 Å². The van der Waals surface area contributed by atoms with E-state index < -0.39 is 0 Å². The highest BCUT2D eigenvalue weighted by Gasteiger charge is 2.41. The SMILES string of the molecule is CC1CCC(C(N)c2ccc(Cl)cc2)(N(C)C)CC1. The third-order valence-electron chi connectivity index (χ3n) is 4.84. The zero-order valence-electron chi connectivity index (χ0n) is 12.2. The molecule has 0 amide bonds. The zero-order valence-corrected chi connectivity index (χ0v) is 13.0. The third kappa shape index (κ3) is 2.96. The number of likely N-dealkylation sites (N-methyl/N-ethyl adjacent to an activating group) is 1. The van der Waals surface area contributed by atoms with Crippen LogP contribution in [0.15, 0.2) is 24.3 Å². The van der Waals surface area contributed by atoms with E-state index in [4.69, 9.17) is 17.3 Å². The molecule has 2 rings (SSSR count). The molecule has 0 heterocycles. The lowest BCUT2D eigenvalue weighted by Gasteiger charge is -2.48. The van der Waals surface area contributed by atoms with E-state index >= 15 is 0 Å². The van der Waals surface area contributed by atoms with Crippen molar-refractivity contribution in [2.75, 3.05) is 14.1 Å². The van der Waals surface area contributed by atoms with Gasteiger partial charge in [-0.1, -0.05) is 30.7 Å². The van der Waals surface area contributed by atoms with Crippen LogP contribution in [-0.2, 0) is 0 Å². The topological polar surface area (TPSA) is 29.3 Å². The van der Waals surface area contributed by atoms with Crippen LogP contribution >= 0.6 is 11.6 Å². The molecule has 19 heavy (non-hydrogen) atoms. The van der Waals surface area contributed by atoms with Gasteiger partial charge in [0.15, 0.2) is 0 Å². The summed E-state index contributed by atoms with van der Waals surface area (Å²) in [4.78, 5) is 2.33. The maximum absolute atomic E-state index is 6.62. The van der Waals surface area contributed by atoms with Crippen molar-refractivity contribution in [2.45, 2.75) is 44.2 Å². The van der Waals surface area contributed by atoms with Crippen molar-refractivity contribution in [3.63, 3.8) is 0 Å². The maximum atomic E-state index is 6.62. The Morgan fingerprint density at radius 3 is 2.21 bits per heavy atom. The Morgan fingerprint density at radius 2 is 1.74 bits per heavy atom. The fraction of sp³-hybridized carbons (Fsp3) is 0.625. The molecular formula is C16H25ClN2. The van der Waals surface area contributed by atoms with Crippen LogP contribution in [0.1, 0.15) is 44.2 Å². The summed E-state index contributed by atoms with van der Waals surface area (Å²) in [5.74, 6) is 0.825. The number of hydrogen-bond donors (Lipinski definition) is 1. The standard InChI is InChI=1S/C16H25ClN2/c1-12-8-10-16(11-9-12,19(2)3)15(18)13-4-6-14(17)7-5-13/h4-7,12,15H,8-11,18H2,1-3H3. The van der Waals surface area contributed by atoms with Crippen molar-refractivity contribution in [3.05, 3.63) is 34.9 Å². The smallest absolute Gasteiger partial charge is 0.0481 e. The van der Waals surface area contributed by atoms with Crippen molar-refractivity contribution in [3.8, 4) is 0 Å². The largest absolute Gasteiger partial charge is 0.322 e. The van der Waals surface area contributed by atoms with Gasteiger partial charge < -0.3 is 10.6 Å². The van der Waals surface area contributed by atoms with E-state index in [-0.39, 0.29) is 11.6 Å². The third-order valence-corrected chi connectivity index (χ3v) is 5.09. The normalized spacial score (nSPS) is 29.5. The number of halogens is 1. The highest BCUT2D eigenvalue weighted by Crippen LogP contribution is 2.42. The van der Waals surface area contributed by atoms with E-state index in [0.29, 0.717) is 0 Å². The van der Waals surface area contributed by atoms with Crippen LogP contribution < -0.4 is 5.73 Å². The summed E-state index contributed by atoms with van der Waals surface area (Å²) >= 11 is 5.97. The van der Waals surface area contributed by atoms with Gasteiger partial charge in [0.05, 0.1) is 0 Å². The molecule has 1 aromatic rings. The molecule has 1 unspecified atom stereocenters. The lowest BCUT2D eigenvalue weighted by molar-refractivity contribution is 0.0564. The molecule has 2 nitrogen and oxygen atoms in total. The number of rotatable bonds is 3. The molecule has 0 aromatic heterocycles. The fourth-order valence-electron chi connectivity index (χ4n) is 3.28. The van der Waals surface area contributed by atoms with Crippen molar-refractivity contribution in [2.24, 2.45) is 11.7 Å². The molecule has 0 spiro atoms. The number of benzene rings is 1. The summed E-state index contributed by atoms with van der Waals surface area (Å²) < 4.78 is 0. The highest BCUT2D eigenvalue weighted by molar-refractivity contribution is 6.30. The van der Waals surface area contributed by atoms with Crippen LogP contribution in [0.2, 0.25) is 5.02 Å². The molecule has 1 saturated carbocycles. The highest BCUT2D eigenvalue weighted by atomic mass is 35.5. The summed E-state index contributed by atoms with van der Waals surface area (Å²) in [6.45, 7) is 2.34. The number of hydrogen-bond acceptors (Lipinski definition) is 2. The minimum absolute atomic E-state index is 0.0484. The van der Waals surface area contributed by atoms with E-state index in [0.717, 1.165) is 10.9 Å². The first-order chi connectivity index (χ1) is 8.95. The van der Waals surface area contributed by atoms with Gasteiger partial charge in [-0.05, 0) is 63.4 Å². The second-order valence-corrected chi connectivity index (χ2v) is 6.65. The van der Waals surface area contributed by atoms with Crippen molar-refractivity contribution in [1.29, 1.82) is 0 Å². The van der Waals surface area contributed by atoms with Crippen LogP contribution in [0.25, 0.3) is 0 Å². The molecule has 2 N–H and O–H groups in total. The Hall–Kier alpha value is -0.570. The van der Waals surface area contributed by atoms with Gasteiger partial charge in [-0.15, -0.1) is 0 Å². The van der Waals surface area contributed by atoms with Crippen molar-refractivity contribution >= 4 is 11.6 Å². The Labute approximate surface area is 121 Å². The monoisotopic (exact) mass is 280 g/mol. The first-order valence-electron chi connectivity index (χ1n) is 7.14. The van der Waals surface area contributed by atoms with E-state index in [9.17, 15) is 0 Å². The minimum Gasteiger partial charge on any atom is -0.322 e. The average molecular weight is 281 g/mol. The number of nitrogens with two attached hydrogens (primary N) is 1. The molecule has 0 radical (unpaired) electrons. The van der Waals surface area contributed by atoms with Gasteiger partial charge in [-0.25, -0.2) is 0 Å². The van der Waals surface area contributed by atoms with Crippen LogP contribution in [0.4, 0.5) is 0 Å². The van der Waals surface area contributed by atoms with Crippen molar-refractivity contribution in [1.82, 2.24) is 4.90 Å². The van der Waals surface area contributed by atoms with Gasteiger partial charge in [0.1, 0.15) is 0 Å². The Bertz CT molecular complexity index is 405. The molecular weight excluding hydrogens is 256 g/mol. The predicted molar refractivity (Wildman–Crippen MR) is 82.4 cm³/mol. The van der Waals surface area contributed by atoms with Crippen LogP contribution in [0.5, 0.6) is 0 Å². The Morgan fingerprint density at radius 1 is 1.21 bits per heavy atom. The second-order valence-electron chi connectivity index (χ2n) is 6.21. The van der Waals surface area contributed by atoms with Gasteiger partial charge in [0.2, 0.25) is 0 Å². The lowest BCUT2D eigenvalue weighted by atomic mass is 9.70. The molecule has 1 aliphatic carbocycles. The molecule has 0 bridgehead atoms. The van der Waals surface area contributed by atoms with E-state index in [1.807, 2.05) is 12.1 Å². The molecule has 106 valence electrons. The first-order valence-corrected chi connectivity index (χ1v) is 7.52. The molecule has 0 saturated heterocycles. The fourth-order valence-corrected chi connectivity index (χ4v) is 3.40. The lowest BCUT2D eigenvalue weighted by Crippen LogP contribution is -2.54. The van der Waals surface area contributed by atoms with Crippen LogP contribution in [0.3, 0.4) is 0 Å². The minimum atomic E-state index is 0.0484. The van der Waals surface area contributed by atoms with Gasteiger partial charge >= 0.3 is 0 Å². The molecule has 1 aromatic carbocycles. The predicted octanol–water partition coefficient (Wildman–Crippen LogP) is 3.85. The van der Waals surface area contributed by atoms with E-state index in [2.05, 4.69) is 38.1 Å². The summed E-state index contributed by atoms with van der Waals surface area (Å²) in [5.41, 5.74) is 7.89. The van der Waals surface area contributed by atoms with E-state index in [1.54, 1.807) is 0 Å². The summed E-state index contributed by atoms with van der Waals surface area (Å²) in [6.07, 6.45) is 4.87. The quantitative estimate of drug-likeness (QED) is 0.911. The maximum Gasteiger partial charge on any atom is 0.0481 e. The molecule has 3 heteroatoms. The molecule has 1 atom stereocenters. The second kappa shape index (κ2) is 5.82. The molecule has 1 aliphatic rings. The first kappa shape index (κ1) is 14.8. The summed E-state index contributed by atoms with van der Waals surface area (Å²) in [7, 11) is 4.32. The van der Waals surface area contributed by atoms with Gasteiger partial charge in [-0.3, -0.25) is 0 Å². The number of nitrogens with zero attached hydrogens (tertiary/aromatic N) is 1. The van der Waals surface area contributed by atoms with Crippen molar-refractivity contribution < 1.29 is 0 Å². The summed E-state index contributed by atoms with van der Waals surface area (Å²) in [5, 5.41) is 0.770. The zero-order chi connectivity index (χ0) is 14.0. The molecule has 1 fully saturated rings. The van der Waals surface area contributed by atoms with Gasteiger partial charge in [0, 0.05) is 16.6 Å². The van der Waals surface area contributed by atoms with E-state index in [1.165, 1.54) is 31.2 Å².